The van der Waals surface area contributed by atoms with Gasteiger partial charge in [-0.2, -0.15) is 0 Å². The van der Waals surface area contributed by atoms with E-state index in [1.54, 1.807) is 6.07 Å². The summed E-state index contributed by atoms with van der Waals surface area (Å²) in [5.41, 5.74) is 2.85. The zero-order valence-corrected chi connectivity index (χ0v) is 12.3. The zero-order valence-electron chi connectivity index (χ0n) is 11.5. The summed E-state index contributed by atoms with van der Waals surface area (Å²) >= 11 is 0. The predicted octanol–water partition coefficient (Wildman–Crippen LogP) is 1.33. The van der Waals surface area contributed by atoms with E-state index >= 15 is 0 Å². The Balaban J connectivity index is 0.00000200. The first-order valence-electron chi connectivity index (χ1n) is 6.62. The van der Waals surface area contributed by atoms with E-state index in [-0.39, 0.29) is 30.8 Å². The second-order valence-corrected chi connectivity index (χ2v) is 4.58. The maximum absolute atomic E-state index is 11.9. The Morgan fingerprint density at radius 3 is 2.85 bits per heavy atom. The number of amides is 2. The maximum atomic E-state index is 11.9. The standard InChI is InChI=1S/C14H19N3O2.ClH/c1-2-6-16-13(18)9-17-14(19)11-3-4-12-10(8-11)5-7-15-12;/h3-4,8,15H,2,5-7,9H2,1H3,(H,16,18)(H,17,19);1H. The highest BCUT2D eigenvalue weighted by molar-refractivity contribution is 5.97. The number of halogens is 1. The van der Waals surface area contributed by atoms with Gasteiger partial charge in [0.25, 0.3) is 5.91 Å². The molecule has 1 aromatic carbocycles. The Labute approximate surface area is 124 Å². The van der Waals surface area contributed by atoms with E-state index in [1.165, 1.54) is 0 Å². The van der Waals surface area contributed by atoms with Gasteiger partial charge in [0.2, 0.25) is 5.91 Å². The number of rotatable bonds is 5. The highest BCUT2D eigenvalue weighted by Crippen LogP contribution is 2.22. The molecule has 110 valence electrons. The van der Waals surface area contributed by atoms with Crippen LogP contribution in [0.3, 0.4) is 0 Å². The monoisotopic (exact) mass is 297 g/mol. The van der Waals surface area contributed by atoms with Crippen LogP contribution >= 0.6 is 12.4 Å². The molecule has 0 unspecified atom stereocenters. The Bertz CT molecular complexity index is 491. The third kappa shape index (κ3) is 4.13. The van der Waals surface area contributed by atoms with Gasteiger partial charge in [-0.15, -0.1) is 12.4 Å². The van der Waals surface area contributed by atoms with Crippen molar-refractivity contribution in [3.8, 4) is 0 Å². The SMILES string of the molecule is CCCNC(=O)CNC(=O)c1ccc2c(c1)CCN2.Cl. The number of hydrogen-bond donors (Lipinski definition) is 3. The number of fused-ring (bicyclic) bond motifs is 1. The predicted molar refractivity (Wildman–Crippen MR) is 81.5 cm³/mol. The molecule has 0 atom stereocenters. The molecule has 6 heteroatoms. The van der Waals surface area contributed by atoms with Gasteiger partial charge in [0.15, 0.2) is 0 Å². The fraction of sp³-hybridized carbons (Fsp3) is 0.429. The van der Waals surface area contributed by atoms with Crippen molar-refractivity contribution in [1.82, 2.24) is 10.6 Å². The lowest BCUT2D eigenvalue weighted by atomic mass is 10.1. The van der Waals surface area contributed by atoms with Crippen molar-refractivity contribution in [2.75, 3.05) is 25.0 Å². The highest BCUT2D eigenvalue weighted by atomic mass is 35.5. The highest BCUT2D eigenvalue weighted by Gasteiger charge is 2.13. The van der Waals surface area contributed by atoms with Gasteiger partial charge in [0, 0.05) is 24.3 Å². The summed E-state index contributed by atoms with van der Waals surface area (Å²) in [5.74, 6) is -0.362. The van der Waals surface area contributed by atoms with Crippen molar-refractivity contribution < 1.29 is 9.59 Å². The van der Waals surface area contributed by atoms with Crippen LogP contribution in [0.1, 0.15) is 29.3 Å². The minimum Gasteiger partial charge on any atom is -0.384 e. The van der Waals surface area contributed by atoms with Crippen LogP contribution in [-0.4, -0.2) is 31.4 Å². The average Bonchev–Trinajstić information content (AvgIpc) is 2.89. The molecule has 2 rings (SSSR count). The Kier molecular flexibility index (Phi) is 6.31. The van der Waals surface area contributed by atoms with Crippen molar-refractivity contribution in [3.63, 3.8) is 0 Å². The smallest absolute Gasteiger partial charge is 0.251 e. The lowest BCUT2D eigenvalue weighted by Crippen LogP contribution is -2.37. The third-order valence-corrected chi connectivity index (χ3v) is 3.06. The van der Waals surface area contributed by atoms with E-state index in [2.05, 4.69) is 16.0 Å². The van der Waals surface area contributed by atoms with E-state index < -0.39 is 0 Å². The number of anilines is 1. The largest absolute Gasteiger partial charge is 0.384 e. The quantitative estimate of drug-likeness (QED) is 0.768. The lowest BCUT2D eigenvalue weighted by Gasteiger charge is -2.07. The van der Waals surface area contributed by atoms with Gasteiger partial charge in [-0.05, 0) is 36.6 Å². The van der Waals surface area contributed by atoms with Crippen LogP contribution < -0.4 is 16.0 Å². The van der Waals surface area contributed by atoms with E-state index in [4.69, 9.17) is 0 Å². The molecule has 20 heavy (non-hydrogen) atoms. The van der Waals surface area contributed by atoms with Crippen LogP contribution in [0.2, 0.25) is 0 Å². The minimum atomic E-state index is -0.207. The average molecular weight is 298 g/mol. The van der Waals surface area contributed by atoms with E-state index in [0.29, 0.717) is 12.1 Å². The first kappa shape index (κ1) is 16.3. The summed E-state index contributed by atoms with van der Waals surface area (Å²) in [6.07, 6.45) is 1.82. The molecule has 1 aliphatic heterocycles. The Morgan fingerprint density at radius 2 is 2.10 bits per heavy atom. The number of hydrogen-bond acceptors (Lipinski definition) is 3. The minimum absolute atomic E-state index is 0. The van der Waals surface area contributed by atoms with Gasteiger partial charge in [-0.25, -0.2) is 0 Å². The molecule has 3 N–H and O–H groups in total. The molecule has 5 nitrogen and oxygen atoms in total. The molecule has 0 aliphatic carbocycles. The molecule has 1 heterocycles. The molecule has 0 bridgehead atoms. The molecule has 0 saturated carbocycles. The third-order valence-electron chi connectivity index (χ3n) is 3.06. The molecule has 0 fully saturated rings. The molecule has 0 spiro atoms. The topological polar surface area (TPSA) is 70.2 Å². The molecule has 1 aromatic rings. The number of carbonyl (C=O) groups is 2. The second kappa shape index (κ2) is 7.75. The van der Waals surface area contributed by atoms with Crippen LogP contribution in [0.4, 0.5) is 5.69 Å². The van der Waals surface area contributed by atoms with Gasteiger partial charge < -0.3 is 16.0 Å². The fourth-order valence-electron chi connectivity index (χ4n) is 2.04. The van der Waals surface area contributed by atoms with Crippen LogP contribution in [0.15, 0.2) is 18.2 Å². The van der Waals surface area contributed by atoms with Crippen LogP contribution in [0, 0.1) is 0 Å². The lowest BCUT2D eigenvalue weighted by molar-refractivity contribution is -0.120. The van der Waals surface area contributed by atoms with Crippen molar-refractivity contribution in [2.24, 2.45) is 0 Å². The summed E-state index contributed by atoms with van der Waals surface area (Å²) < 4.78 is 0. The number of carbonyl (C=O) groups excluding carboxylic acids is 2. The van der Waals surface area contributed by atoms with Gasteiger partial charge in [-0.3, -0.25) is 9.59 Å². The van der Waals surface area contributed by atoms with Crippen molar-refractivity contribution in [1.29, 1.82) is 0 Å². The molecule has 0 saturated heterocycles. The summed E-state index contributed by atoms with van der Waals surface area (Å²) in [6, 6.07) is 5.57. The molecule has 0 radical (unpaired) electrons. The van der Waals surface area contributed by atoms with Gasteiger partial charge in [-0.1, -0.05) is 6.92 Å². The van der Waals surface area contributed by atoms with Crippen molar-refractivity contribution in [2.45, 2.75) is 19.8 Å². The fourth-order valence-corrected chi connectivity index (χ4v) is 2.04. The second-order valence-electron chi connectivity index (χ2n) is 4.58. The first-order valence-corrected chi connectivity index (χ1v) is 6.62. The van der Waals surface area contributed by atoms with Gasteiger partial charge in [0.05, 0.1) is 6.54 Å². The van der Waals surface area contributed by atoms with Gasteiger partial charge >= 0.3 is 0 Å². The first-order chi connectivity index (χ1) is 9.20. The molecule has 1 aliphatic rings. The number of benzene rings is 1. The van der Waals surface area contributed by atoms with E-state index in [9.17, 15) is 9.59 Å². The Hall–Kier alpha value is -1.75. The normalized spacial score (nSPS) is 11.8. The van der Waals surface area contributed by atoms with Gasteiger partial charge in [0.1, 0.15) is 0 Å². The molecular weight excluding hydrogens is 278 g/mol. The summed E-state index contributed by atoms with van der Waals surface area (Å²) in [6.45, 7) is 3.56. The van der Waals surface area contributed by atoms with E-state index in [0.717, 1.165) is 30.6 Å². The molecule has 0 aromatic heterocycles. The zero-order chi connectivity index (χ0) is 13.7. The van der Waals surface area contributed by atoms with Crippen molar-refractivity contribution in [3.05, 3.63) is 29.3 Å². The Morgan fingerprint density at radius 1 is 1.30 bits per heavy atom. The molecule has 2 amide bonds. The van der Waals surface area contributed by atoms with E-state index in [1.807, 2.05) is 19.1 Å². The van der Waals surface area contributed by atoms with Crippen molar-refractivity contribution >= 4 is 29.9 Å². The van der Waals surface area contributed by atoms with Crippen LogP contribution in [-0.2, 0) is 11.2 Å². The maximum Gasteiger partial charge on any atom is 0.251 e. The van der Waals surface area contributed by atoms with Crippen LogP contribution in [0.25, 0.3) is 0 Å². The molecular formula is C14H20ClN3O2. The summed E-state index contributed by atoms with van der Waals surface area (Å²) in [5, 5.41) is 8.59. The van der Waals surface area contributed by atoms with Crippen LogP contribution in [0.5, 0.6) is 0 Å². The number of nitrogens with one attached hydrogen (secondary N) is 3. The summed E-state index contributed by atoms with van der Waals surface area (Å²) in [7, 11) is 0. The summed E-state index contributed by atoms with van der Waals surface area (Å²) in [4.78, 5) is 23.3.